The van der Waals surface area contributed by atoms with Crippen LogP contribution in [-0.2, 0) is 0 Å². The summed E-state index contributed by atoms with van der Waals surface area (Å²) in [4.78, 5) is 0. The lowest BCUT2D eigenvalue weighted by Gasteiger charge is -2.12. The molecule has 1 N–H and O–H groups in total. The van der Waals surface area contributed by atoms with Gasteiger partial charge in [0, 0.05) is 5.56 Å². The van der Waals surface area contributed by atoms with Crippen molar-refractivity contribution >= 4 is 11.9 Å². The Morgan fingerprint density at radius 1 is 0.909 bits per heavy atom. The second kappa shape index (κ2) is 7.36. The number of methoxy groups -OCH3 is 3. The highest BCUT2D eigenvalue weighted by Crippen LogP contribution is 2.37. The number of ether oxygens (including phenoxy) is 3. The van der Waals surface area contributed by atoms with Crippen molar-refractivity contribution in [2.24, 2.45) is 5.10 Å². The van der Waals surface area contributed by atoms with Crippen molar-refractivity contribution < 1.29 is 14.2 Å². The summed E-state index contributed by atoms with van der Waals surface area (Å²) in [5, 5.41) is 4.22. The highest BCUT2D eigenvalue weighted by Gasteiger charge is 2.12. The minimum absolute atomic E-state index is 0.564. The van der Waals surface area contributed by atoms with Crippen molar-refractivity contribution in [2.75, 3.05) is 26.8 Å². The van der Waals surface area contributed by atoms with Crippen molar-refractivity contribution in [3.8, 4) is 17.2 Å². The molecule has 0 atom stereocenters. The van der Waals surface area contributed by atoms with Crippen LogP contribution in [0.2, 0.25) is 0 Å². The largest absolute Gasteiger partial charge is 0.493 e. The standard InChI is InChI=1S/C17H20N2O3/c1-12-5-7-14(8-6-12)19-18-11-13-9-15(20-2)17(22-4)16(10-13)21-3/h5-11,19H,1-4H3. The summed E-state index contributed by atoms with van der Waals surface area (Å²) < 4.78 is 15.9. The average Bonchev–Trinajstić information content (AvgIpc) is 2.55. The van der Waals surface area contributed by atoms with E-state index >= 15 is 0 Å². The molecule has 0 amide bonds. The van der Waals surface area contributed by atoms with Crippen LogP contribution in [0.1, 0.15) is 11.1 Å². The van der Waals surface area contributed by atoms with Crippen LogP contribution in [0.15, 0.2) is 41.5 Å². The van der Waals surface area contributed by atoms with Gasteiger partial charge >= 0.3 is 0 Å². The Morgan fingerprint density at radius 2 is 1.50 bits per heavy atom. The number of hydrazone groups is 1. The van der Waals surface area contributed by atoms with Crippen LogP contribution in [0.5, 0.6) is 17.2 Å². The highest BCUT2D eigenvalue weighted by molar-refractivity contribution is 5.83. The van der Waals surface area contributed by atoms with Crippen LogP contribution in [0.3, 0.4) is 0 Å². The SMILES string of the molecule is COc1cc(C=NNc2ccc(C)cc2)cc(OC)c1OC. The zero-order valence-corrected chi connectivity index (χ0v) is 13.2. The molecule has 22 heavy (non-hydrogen) atoms. The molecule has 5 nitrogen and oxygen atoms in total. The summed E-state index contributed by atoms with van der Waals surface area (Å²) in [6.45, 7) is 2.04. The van der Waals surface area contributed by atoms with E-state index in [4.69, 9.17) is 14.2 Å². The topological polar surface area (TPSA) is 52.1 Å². The van der Waals surface area contributed by atoms with Crippen LogP contribution in [0, 0.1) is 6.92 Å². The second-order valence-corrected chi connectivity index (χ2v) is 4.69. The van der Waals surface area contributed by atoms with E-state index < -0.39 is 0 Å². The maximum atomic E-state index is 5.31. The fourth-order valence-corrected chi connectivity index (χ4v) is 1.99. The molecule has 2 aromatic rings. The number of benzene rings is 2. The normalized spacial score (nSPS) is 10.5. The number of nitrogens with one attached hydrogen (secondary N) is 1. The van der Waals surface area contributed by atoms with Crippen molar-refractivity contribution in [1.82, 2.24) is 0 Å². The first kappa shape index (κ1) is 15.7. The summed E-state index contributed by atoms with van der Waals surface area (Å²) in [7, 11) is 4.75. The Hall–Kier alpha value is -2.69. The minimum atomic E-state index is 0.564. The van der Waals surface area contributed by atoms with E-state index in [0.717, 1.165) is 11.3 Å². The lowest BCUT2D eigenvalue weighted by molar-refractivity contribution is 0.324. The van der Waals surface area contributed by atoms with Crippen LogP contribution >= 0.6 is 0 Å². The van der Waals surface area contributed by atoms with Crippen LogP contribution in [-0.4, -0.2) is 27.5 Å². The third-order valence-electron chi connectivity index (χ3n) is 3.15. The van der Waals surface area contributed by atoms with Gasteiger partial charge < -0.3 is 14.2 Å². The Morgan fingerprint density at radius 3 is 2.00 bits per heavy atom. The molecular weight excluding hydrogens is 280 g/mol. The number of anilines is 1. The van der Waals surface area contributed by atoms with Crippen molar-refractivity contribution in [1.29, 1.82) is 0 Å². The number of hydrogen-bond acceptors (Lipinski definition) is 5. The Balaban J connectivity index is 2.18. The van der Waals surface area contributed by atoms with Crippen LogP contribution in [0.25, 0.3) is 0 Å². The van der Waals surface area contributed by atoms with Crippen molar-refractivity contribution in [3.05, 3.63) is 47.5 Å². The number of rotatable bonds is 6. The molecule has 0 radical (unpaired) electrons. The van der Waals surface area contributed by atoms with Gasteiger partial charge in [0.25, 0.3) is 0 Å². The lowest BCUT2D eigenvalue weighted by atomic mass is 10.2. The van der Waals surface area contributed by atoms with Gasteiger partial charge in [0.2, 0.25) is 5.75 Å². The Labute approximate surface area is 130 Å². The van der Waals surface area contributed by atoms with Gasteiger partial charge in [-0.25, -0.2) is 0 Å². The van der Waals surface area contributed by atoms with Gasteiger partial charge in [0.1, 0.15) is 0 Å². The number of nitrogens with zero attached hydrogens (tertiary/aromatic N) is 1. The number of aryl methyl sites for hydroxylation is 1. The Bertz CT molecular complexity index is 626. The molecular formula is C17H20N2O3. The minimum Gasteiger partial charge on any atom is -0.493 e. The summed E-state index contributed by atoms with van der Waals surface area (Å²) in [6.07, 6.45) is 1.70. The van der Waals surface area contributed by atoms with E-state index in [9.17, 15) is 0 Å². The molecule has 5 heteroatoms. The molecule has 2 aromatic carbocycles. The van der Waals surface area contributed by atoms with Gasteiger partial charge in [-0.15, -0.1) is 0 Å². The monoisotopic (exact) mass is 300 g/mol. The Kier molecular flexibility index (Phi) is 5.25. The molecule has 0 aliphatic heterocycles. The van der Waals surface area contributed by atoms with Gasteiger partial charge in [0.15, 0.2) is 11.5 Å². The van der Waals surface area contributed by atoms with Gasteiger partial charge in [-0.1, -0.05) is 17.7 Å². The molecule has 0 heterocycles. The molecule has 0 aliphatic rings. The smallest absolute Gasteiger partial charge is 0.203 e. The molecule has 0 spiro atoms. The van der Waals surface area contributed by atoms with E-state index in [1.807, 2.05) is 43.3 Å². The van der Waals surface area contributed by atoms with Gasteiger partial charge in [0.05, 0.1) is 33.2 Å². The fraction of sp³-hybridized carbons (Fsp3) is 0.235. The van der Waals surface area contributed by atoms with E-state index in [2.05, 4.69) is 10.5 Å². The molecule has 0 fully saturated rings. The molecule has 2 rings (SSSR count). The van der Waals surface area contributed by atoms with E-state index in [1.54, 1.807) is 27.5 Å². The predicted octanol–water partition coefficient (Wildman–Crippen LogP) is 3.47. The van der Waals surface area contributed by atoms with Crippen molar-refractivity contribution in [3.63, 3.8) is 0 Å². The summed E-state index contributed by atoms with van der Waals surface area (Å²) in [5.74, 6) is 1.76. The molecule has 0 aromatic heterocycles. The average molecular weight is 300 g/mol. The first-order chi connectivity index (χ1) is 10.7. The summed E-state index contributed by atoms with van der Waals surface area (Å²) in [6, 6.07) is 11.7. The van der Waals surface area contributed by atoms with Gasteiger partial charge in [-0.05, 0) is 31.2 Å². The van der Waals surface area contributed by atoms with Gasteiger partial charge in [-0.2, -0.15) is 5.10 Å². The van der Waals surface area contributed by atoms with Gasteiger partial charge in [-0.3, -0.25) is 5.43 Å². The van der Waals surface area contributed by atoms with Crippen molar-refractivity contribution in [2.45, 2.75) is 6.92 Å². The molecule has 116 valence electrons. The van der Waals surface area contributed by atoms with E-state index in [1.165, 1.54) is 5.56 Å². The third-order valence-corrected chi connectivity index (χ3v) is 3.15. The highest BCUT2D eigenvalue weighted by atomic mass is 16.5. The summed E-state index contributed by atoms with van der Waals surface area (Å²) in [5.41, 5.74) is 5.96. The molecule has 0 saturated heterocycles. The molecule has 0 unspecified atom stereocenters. The second-order valence-electron chi connectivity index (χ2n) is 4.69. The first-order valence-electron chi connectivity index (χ1n) is 6.83. The number of hydrogen-bond donors (Lipinski definition) is 1. The maximum absolute atomic E-state index is 5.31. The molecule has 0 bridgehead atoms. The molecule has 0 aliphatic carbocycles. The maximum Gasteiger partial charge on any atom is 0.203 e. The molecule has 0 saturated carbocycles. The fourth-order valence-electron chi connectivity index (χ4n) is 1.99. The lowest BCUT2D eigenvalue weighted by Crippen LogP contribution is -1.97. The zero-order chi connectivity index (χ0) is 15.9. The van der Waals surface area contributed by atoms with E-state index in [-0.39, 0.29) is 0 Å². The van der Waals surface area contributed by atoms with Crippen LogP contribution < -0.4 is 19.6 Å². The third kappa shape index (κ3) is 3.69. The van der Waals surface area contributed by atoms with E-state index in [0.29, 0.717) is 17.2 Å². The summed E-state index contributed by atoms with van der Waals surface area (Å²) >= 11 is 0. The quantitative estimate of drug-likeness (QED) is 0.655. The first-order valence-corrected chi connectivity index (χ1v) is 6.83. The zero-order valence-electron chi connectivity index (χ0n) is 13.2. The van der Waals surface area contributed by atoms with Crippen LogP contribution in [0.4, 0.5) is 5.69 Å². The predicted molar refractivity (Wildman–Crippen MR) is 88.5 cm³/mol.